The predicted octanol–water partition coefficient (Wildman–Crippen LogP) is 4.44. The molecule has 0 aliphatic carbocycles. The van der Waals surface area contributed by atoms with Crippen LogP contribution >= 0.6 is 0 Å². The Morgan fingerprint density at radius 2 is 1.68 bits per heavy atom. The molecule has 22 heavy (non-hydrogen) atoms. The lowest BCUT2D eigenvalue weighted by atomic mass is 10.0. The molecule has 0 fully saturated rings. The second-order valence-corrected chi connectivity index (χ2v) is 5.80. The number of nitrogens with one attached hydrogen (secondary N) is 1. The minimum Gasteiger partial charge on any atom is -0.483 e. The van der Waals surface area contributed by atoms with Crippen molar-refractivity contribution in [2.24, 2.45) is 0 Å². The topological polar surface area (TPSA) is 38.3 Å². The van der Waals surface area contributed by atoms with Gasteiger partial charge in [-0.1, -0.05) is 50.2 Å². The number of para-hydroxylation sites is 2. The van der Waals surface area contributed by atoms with Crippen LogP contribution in [0.3, 0.4) is 0 Å². The maximum atomic E-state index is 12.1. The van der Waals surface area contributed by atoms with Gasteiger partial charge in [0.05, 0.1) is 0 Å². The first-order valence-corrected chi connectivity index (χ1v) is 7.57. The number of anilines is 1. The van der Waals surface area contributed by atoms with E-state index in [0.29, 0.717) is 5.92 Å². The minimum atomic E-state index is -0.143. The molecule has 0 heterocycles. The zero-order chi connectivity index (χ0) is 16.1. The minimum absolute atomic E-state index is 0.0114. The number of benzene rings is 2. The first-order chi connectivity index (χ1) is 10.5. The van der Waals surface area contributed by atoms with Crippen molar-refractivity contribution in [3.8, 4) is 5.75 Å². The van der Waals surface area contributed by atoms with Gasteiger partial charge in [-0.2, -0.15) is 0 Å². The smallest absolute Gasteiger partial charge is 0.262 e. The zero-order valence-corrected chi connectivity index (χ0v) is 13.6. The Morgan fingerprint density at radius 1 is 1.05 bits per heavy atom. The number of hydrogen-bond acceptors (Lipinski definition) is 2. The van der Waals surface area contributed by atoms with E-state index in [9.17, 15) is 4.79 Å². The summed E-state index contributed by atoms with van der Waals surface area (Å²) in [5.41, 5.74) is 4.09. The number of hydrogen-bond donors (Lipinski definition) is 1. The number of ether oxygens (including phenoxy) is 1. The summed E-state index contributed by atoms with van der Waals surface area (Å²) in [6.07, 6.45) is 0. The van der Waals surface area contributed by atoms with Crippen LogP contribution in [0.2, 0.25) is 0 Å². The Labute approximate surface area is 132 Å². The van der Waals surface area contributed by atoms with Crippen LogP contribution in [-0.2, 0) is 4.79 Å². The predicted molar refractivity (Wildman–Crippen MR) is 90.6 cm³/mol. The molecule has 1 amide bonds. The van der Waals surface area contributed by atoms with Crippen LogP contribution in [0.4, 0.5) is 5.69 Å². The molecule has 0 bridgehead atoms. The highest BCUT2D eigenvalue weighted by atomic mass is 16.5. The maximum Gasteiger partial charge on any atom is 0.262 e. The van der Waals surface area contributed by atoms with Gasteiger partial charge in [-0.3, -0.25) is 4.79 Å². The standard InChI is InChI=1S/C19H23NO2/c1-13(2)16-10-5-6-11-17(16)22-12-18(21)20-19-14(3)8-7-9-15(19)4/h5-11,13H,12H2,1-4H3,(H,20,21). The van der Waals surface area contributed by atoms with E-state index in [1.165, 1.54) is 0 Å². The largest absolute Gasteiger partial charge is 0.483 e. The third kappa shape index (κ3) is 3.88. The fraction of sp³-hybridized carbons (Fsp3) is 0.316. The van der Waals surface area contributed by atoms with Gasteiger partial charge in [0.2, 0.25) is 0 Å². The van der Waals surface area contributed by atoms with Crippen molar-refractivity contribution < 1.29 is 9.53 Å². The molecular formula is C19H23NO2. The summed E-state index contributed by atoms with van der Waals surface area (Å²) in [5, 5.41) is 2.93. The van der Waals surface area contributed by atoms with E-state index in [4.69, 9.17) is 4.74 Å². The van der Waals surface area contributed by atoms with Crippen LogP contribution in [0.25, 0.3) is 0 Å². The molecular weight excluding hydrogens is 274 g/mol. The monoisotopic (exact) mass is 297 g/mol. The molecule has 0 aliphatic heterocycles. The van der Waals surface area contributed by atoms with Gasteiger partial charge >= 0.3 is 0 Å². The Bertz CT molecular complexity index is 642. The van der Waals surface area contributed by atoms with Crippen molar-refractivity contribution in [1.29, 1.82) is 0 Å². The summed E-state index contributed by atoms with van der Waals surface area (Å²) < 4.78 is 5.70. The highest BCUT2D eigenvalue weighted by Gasteiger charge is 2.11. The van der Waals surface area contributed by atoms with Gasteiger partial charge in [-0.15, -0.1) is 0 Å². The van der Waals surface area contributed by atoms with Crippen molar-refractivity contribution in [1.82, 2.24) is 0 Å². The first kappa shape index (κ1) is 16.1. The third-order valence-corrected chi connectivity index (χ3v) is 3.65. The summed E-state index contributed by atoms with van der Waals surface area (Å²) in [7, 11) is 0. The second kappa shape index (κ2) is 7.12. The number of aryl methyl sites for hydroxylation is 2. The van der Waals surface area contributed by atoms with Gasteiger partial charge in [0.1, 0.15) is 5.75 Å². The van der Waals surface area contributed by atoms with E-state index in [2.05, 4.69) is 19.2 Å². The van der Waals surface area contributed by atoms with Gasteiger partial charge in [-0.05, 0) is 42.5 Å². The average Bonchev–Trinajstić information content (AvgIpc) is 2.49. The Balaban J connectivity index is 2.02. The average molecular weight is 297 g/mol. The number of rotatable bonds is 5. The molecule has 0 saturated carbocycles. The Hall–Kier alpha value is -2.29. The highest BCUT2D eigenvalue weighted by molar-refractivity contribution is 5.93. The van der Waals surface area contributed by atoms with E-state index in [1.54, 1.807) is 0 Å². The Kier molecular flexibility index (Phi) is 5.21. The van der Waals surface area contributed by atoms with E-state index >= 15 is 0 Å². The normalized spacial score (nSPS) is 10.6. The second-order valence-electron chi connectivity index (χ2n) is 5.80. The summed E-state index contributed by atoms with van der Waals surface area (Å²) in [5.74, 6) is 0.989. The molecule has 0 aromatic heterocycles. The molecule has 0 atom stereocenters. The van der Waals surface area contributed by atoms with Crippen LogP contribution in [0.5, 0.6) is 5.75 Å². The van der Waals surface area contributed by atoms with Crippen LogP contribution < -0.4 is 10.1 Å². The van der Waals surface area contributed by atoms with Crippen molar-refractivity contribution >= 4 is 11.6 Å². The molecule has 0 spiro atoms. The lowest BCUT2D eigenvalue weighted by molar-refractivity contribution is -0.118. The molecule has 2 aromatic carbocycles. The van der Waals surface area contributed by atoms with E-state index in [-0.39, 0.29) is 12.5 Å². The van der Waals surface area contributed by atoms with Crippen LogP contribution in [0.1, 0.15) is 36.5 Å². The number of carbonyl (C=O) groups excluding carboxylic acids is 1. The summed E-state index contributed by atoms with van der Waals surface area (Å²) in [4.78, 5) is 12.1. The summed E-state index contributed by atoms with van der Waals surface area (Å²) in [6.45, 7) is 8.20. The lowest BCUT2D eigenvalue weighted by Crippen LogP contribution is -2.21. The number of amides is 1. The Morgan fingerprint density at radius 3 is 2.32 bits per heavy atom. The summed E-state index contributed by atoms with van der Waals surface area (Å²) >= 11 is 0. The molecule has 0 radical (unpaired) electrons. The lowest BCUT2D eigenvalue weighted by Gasteiger charge is -2.15. The fourth-order valence-electron chi connectivity index (χ4n) is 2.42. The van der Waals surface area contributed by atoms with E-state index in [1.807, 2.05) is 56.3 Å². The van der Waals surface area contributed by atoms with Crippen LogP contribution in [0.15, 0.2) is 42.5 Å². The van der Waals surface area contributed by atoms with Gasteiger partial charge in [0.15, 0.2) is 6.61 Å². The highest BCUT2D eigenvalue weighted by Crippen LogP contribution is 2.26. The van der Waals surface area contributed by atoms with Gasteiger partial charge < -0.3 is 10.1 Å². The zero-order valence-electron chi connectivity index (χ0n) is 13.6. The van der Waals surface area contributed by atoms with Gasteiger partial charge in [-0.25, -0.2) is 0 Å². The molecule has 3 heteroatoms. The molecule has 2 rings (SSSR count). The van der Waals surface area contributed by atoms with E-state index in [0.717, 1.165) is 28.1 Å². The van der Waals surface area contributed by atoms with Crippen molar-refractivity contribution in [2.45, 2.75) is 33.6 Å². The SMILES string of the molecule is Cc1cccc(C)c1NC(=O)COc1ccccc1C(C)C. The quantitative estimate of drug-likeness (QED) is 0.885. The molecule has 3 nitrogen and oxygen atoms in total. The molecule has 116 valence electrons. The molecule has 2 aromatic rings. The molecule has 1 N–H and O–H groups in total. The van der Waals surface area contributed by atoms with Crippen molar-refractivity contribution in [3.63, 3.8) is 0 Å². The van der Waals surface area contributed by atoms with Crippen LogP contribution in [-0.4, -0.2) is 12.5 Å². The first-order valence-electron chi connectivity index (χ1n) is 7.57. The third-order valence-electron chi connectivity index (χ3n) is 3.65. The number of carbonyl (C=O) groups is 1. The molecule has 0 unspecified atom stereocenters. The molecule has 0 saturated heterocycles. The van der Waals surface area contributed by atoms with Crippen molar-refractivity contribution in [3.05, 3.63) is 59.2 Å². The van der Waals surface area contributed by atoms with Gasteiger partial charge in [0, 0.05) is 5.69 Å². The molecule has 0 aliphatic rings. The maximum absolute atomic E-state index is 12.1. The summed E-state index contributed by atoms with van der Waals surface area (Å²) in [6, 6.07) is 13.8. The van der Waals surface area contributed by atoms with Crippen molar-refractivity contribution in [2.75, 3.05) is 11.9 Å². The fourth-order valence-corrected chi connectivity index (χ4v) is 2.42. The van der Waals surface area contributed by atoms with E-state index < -0.39 is 0 Å². The van der Waals surface area contributed by atoms with Crippen LogP contribution in [0, 0.1) is 13.8 Å². The van der Waals surface area contributed by atoms with Gasteiger partial charge in [0.25, 0.3) is 5.91 Å².